The summed E-state index contributed by atoms with van der Waals surface area (Å²) in [4.78, 5) is 0. The minimum atomic E-state index is -4.53. The van der Waals surface area contributed by atoms with E-state index in [2.05, 4.69) is 6.58 Å². The molecule has 0 saturated heterocycles. The van der Waals surface area contributed by atoms with Gasteiger partial charge in [-0.25, -0.2) is 0 Å². The van der Waals surface area contributed by atoms with E-state index in [0.29, 0.717) is 10.6 Å². The summed E-state index contributed by atoms with van der Waals surface area (Å²) in [5, 5.41) is 8.93. The summed E-state index contributed by atoms with van der Waals surface area (Å²) in [5.41, 5.74) is -0.966. The van der Waals surface area contributed by atoms with E-state index < -0.39 is 11.7 Å². The van der Waals surface area contributed by atoms with Crippen molar-refractivity contribution < 1.29 is 13.2 Å². The molecule has 0 heterocycles. The number of rotatable bonds is 3. The molecule has 1 rings (SSSR count). The highest BCUT2D eigenvalue weighted by Crippen LogP contribution is 2.33. The molecule has 0 saturated carbocycles. The fraction of sp³-hybridized carbons (Fsp3) is 0.167. The Balaban J connectivity index is 3.06. The van der Waals surface area contributed by atoms with Crippen molar-refractivity contribution in [2.24, 2.45) is 0 Å². The van der Waals surface area contributed by atoms with E-state index in [9.17, 15) is 13.2 Å². The summed E-state index contributed by atoms with van der Waals surface area (Å²) in [6, 6.07) is 5.03. The molecule has 0 aliphatic rings. The monoisotopic (exact) mass is 258 g/mol. The van der Waals surface area contributed by atoms with Gasteiger partial charge in [-0.3, -0.25) is 0 Å². The molecule has 0 aliphatic heterocycles. The highest BCUT2D eigenvalue weighted by Gasteiger charge is 2.33. The first-order valence-electron chi connectivity index (χ1n) is 4.62. The molecule has 1 aromatic carbocycles. The summed E-state index contributed by atoms with van der Waals surface area (Å²) >= 11 is 5.52. The Morgan fingerprint density at radius 3 is 2.59 bits per heavy atom. The Morgan fingerprint density at radius 2 is 2.12 bits per heavy atom. The van der Waals surface area contributed by atoms with Crippen LogP contribution < -0.4 is 0 Å². The lowest BCUT2D eigenvalue weighted by molar-refractivity contribution is -0.137. The van der Waals surface area contributed by atoms with Gasteiger partial charge in [0.15, 0.2) is 0 Å². The van der Waals surface area contributed by atoms with Gasteiger partial charge in [-0.1, -0.05) is 24.2 Å². The molecule has 17 heavy (non-hydrogen) atoms. The minimum absolute atomic E-state index is 0.282. The van der Waals surface area contributed by atoms with Crippen molar-refractivity contribution >= 4 is 11.6 Å². The quantitative estimate of drug-likeness (QED) is 0.794. The van der Waals surface area contributed by atoms with E-state index in [-0.39, 0.29) is 12.0 Å². The Labute approximate surface area is 102 Å². The van der Waals surface area contributed by atoms with Crippen molar-refractivity contribution in [1.29, 1.82) is 5.26 Å². The van der Waals surface area contributed by atoms with Crippen molar-refractivity contribution in [3.8, 4) is 6.07 Å². The molecule has 0 aromatic heterocycles. The summed E-state index contributed by atoms with van der Waals surface area (Å²) < 4.78 is 37.8. The first-order chi connectivity index (χ1) is 7.84. The molecular formula is C12H8ClF3N. The van der Waals surface area contributed by atoms with Crippen LogP contribution in [-0.2, 0) is 6.18 Å². The number of hydrogen-bond donors (Lipinski definition) is 0. The van der Waals surface area contributed by atoms with Gasteiger partial charge in [0.2, 0.25) is 0 Å². The zero-order valence-electron chi connectivity index (χ0n) is 8.68. The first kappa shape index (κ1) is 13.6. The number of nitriles is 1. The second kappa shape index (κ2) is 5.24. The molecule has 5 heteroatoms. The van der Waals surface area contributed by atoms with E-state index in [4.69, 9.17) is 16.9 Å². The van der Waals surface area contributed by atoms with Crippen LogP contribution in [-0.4, -0.2) is 0 Å². The normalized spacial score (nSPS) is 11.0. The molecule has 0 unspecified atom stereocenters. The van der Waals surface area contributed by atoms with Crippen LogP contribution in [0.2, 0.25) is 0 Å². The highest BCUT2D eigenvalue weighted by atomic mass is 35.5. The van der Waals surface area contributed by atoms with Gasteiger partial charge in [-0.2, -0.15) is 18.4 Å². The summed E-state index contributed by atoms with van der Waals surface area (Å²) in [5.74, 6) is 0. The lowest BCUT2D eigenvalue weighted by Gasteiger charge is -2.10. The van der Waals surface area contributed by atoms with Crippen LogP contribution >= 0.6 is 11.6 Å². The molecular weight excluding hydrogens is 251 g/mol. The van der Waals surface area contributed by atoms with Gasteiger partial charge in [0.1, 0.15) is 0 Å². The topological polar surface area (TPSA) is 23.8 Å². The largest absolute Gasteiger partial charge is 0.417 e. The molecule has 89 valence electrons. The fourth-order valence-electron chi connectivity index (χ4n) is 1.25. The number of nitrogens with zero attached hydrogens (tertiary/aromatic N) is 1. The molecule has 1 nitrogen and oxygen atoms in total. The van der Waals surface area contributed by atoms with Crippen molar-refractivity contribution in [2.75, 3.05) is 0 Å². The lowest BCUT2D eigenvalue weighted by atomic mass is 10.0. The Hall–Kier alpha value is -1.47. The third-order valence-electron chi connectivity index (χ3n) is 2.03. The van der Waals surface area contributed by atoms with E-state index in [1.165, 1.54) is 18.6 Å². The van der Waals surface area contributed by atoms with E-state index in [1.54, 1.807) is 0 Å². The van der Waals surface area contributed by atoms with Crippen LogP contribution in [0.25, 0.3) is 0 Å². The maximum Gasteiger partial charge on any atom is 0.417 e. The lowest BCUT2D eigenvalue weighted by Crippen LogP contribution is -2.08. The standard InChI is InChI=1S/C12H8ClF3N/c1-8(13)2-3-9-4-5-10(7-17)11(6-9)12(14,15)16/h3-6H,1-2H2. The van der Waals surface area contributed by atoms with Crippen LogP contribution in [0.5, 0.6) is 0 Å². The van der Waals surface area contributed by atoms with Crippen LogP contribution in [0.1, 0.15) is 23.1 Å². The molecule has 0 bridgehead atoms. The first-order valence-corrected chi connectivity index (χ1v) is 5.00. The predicted octanol–water partition coefficient (Wildman–Crippen LogP) is 4.27. The number of halogens is 4. The Bertz CT molecular complexity index is 472. The Morgan fingerprint density at radius 1 is 1.47 bits per heavy atom. The molecule has 0 aliphatic carbocycles. The highest BCUT2D eigenvalue weighted by molar-refractivity contribution is 6.29. The Kier molecular flexibility index (Phi) is 4.19. The van der Waals surface area contributed by atoms with Gasteiger partial charge in [-0.15, -0.1) is 0 Å². The molecule has 0 spiro atoms. The van der Waals surface area contributed by atoms with Gasteiger partial charge in [-0.05, 0) is 30.5 Å². The molecule has 1 aromatic rings. The van der Waals surface area contributed by atoms with Crippen LogP contribution in [0.4, 0.5) is 13.2 Å². The van der Waals surface area contributed by atoms with Crippen LogP contribution in [0.15, 0.2) is 29.8 Å². The third-order valence-corrected chi connectivity index (χ3v) is 2.18. The molecule has 0 fully saturated rings. The van der Waals surface area contributed by atoms with E-state index in [1.807, 2.05) is 0 Å². The van der Waals surface area contributed by atoms with Crippen molar-refractivity contribution in [3.05, 3.63) is 52.9 Å². The summed E-state index contributed by atoms with van der Waals surface area (Å²) in [7, 11) is 0. The second-order valence-electron chi connectivity index (χ2n) is 3.34. The minimum Gasteiger partial charge on any atom is -0.192 e. The molecule has 0 atom stereocenters. The smallest absolute Gasteiger partial charge is 0.192 e. The van der Waals surface area contributed by atoms with Gasteiger partial charge < -0.3 is 0 Å². The van der Waals surface area contributed by atoms with Gasteiger partial charge >= 0.3 is 6.18 Å². The second-order valence-corrected chi connectivity index (χ2v) is 3.87. The van der Waals surface area contributed by atoms with Crippen molar-refractivity contribution in [2.45, 2.75) is 12.6 Å². The van der Waals surface area contributed by atoms with Crippen LogP contribution in [0, 0.1) is 17.8 Å². The third kappa shape index (κ3) is 3.79. The zero-order chi connectivity index (χ0) is 13.1. The van der Waals surface area contributed by atoms with E-state index in [0.717, 1.165) is 12.1 Å². The average molecular weight is 259 g/mol. The number of alkyl halides is 3. The fourth-order valence-corrected chi connectivity index (χ4v) is 1.33. The number of hydrogen-bond acceptors (Lipinski definition) is 1. The molecule has 1 radical (unpaired) electrons. The number of benzene rings is 1. The molecule has 0 N–H and O–H groups in total. The summed E-state index contributed by atoms with van der Waals surface area (Å²) in [6.45, 7) is 3.43. The van der Waals surface area contributed by atoms with Gasteiger partial charge in [0.25, 0.3) is 0 Å². The SMILES string of the molecule is C=C(Cl)C[CH]c1ccc(C#N)c(C(F)(F)F)c1. The van der Waals surface area contributed by atoms with E-state index >= 15 is 0 Å². The van der Waals surface area contributed by atoms with Gasteiger partial charge in [0, 0.05) is 5.03 Å². The predicted molar refractivity (Wildman–Crippen MR) is 59.2 cm³/mol. The van der Waals surface area contributed by atoms with Gasteiger partial charge in [0.05, 0.1) is 17.2 Å². The number of allylic oxidation sites excluding steroid dienone is 1. The zero-order valence-corrected chi connectivity index (χ0v) is 9.44. The van der Waals surface area contributed by atoms with Crippen molar-refractivity contribution in [1.82, 2.24) is 0 Å². The summed E-state index contributed by atoms with van der Waals surface area (Å²) in [6.07, 6.45) is -2.73. The van der Waals surface area contributed by atoms with Crippen LogP contribution in [0.3, 0.4) is 0 Å². The maximum absolute atomic E-state index is 12.6. The van der Waals surface area contributed by atoms with Crippen molar-refractivity contribution in [3.63, 3.8) is 0 Å². The molecule has 0 amide bonds. The average Bonchev–Trinajstić information content (AvgIpc) is 2.24. The maximum atomic E-state index is 12.6.